The van der Waals surface area contributed by atoms with Gasteiger partial charge in [0.15, 0.2) is 9.84 Å². The van der Waals surface area contributed by atoms with Crippen LogP contribution in [0.4, 0.5) is 5.69 Å². The van der Waals surface area contributed by atoms with Gasteiger partial charge in [-0.05, 0) is 26.7 Å². The number of sulfone groups is 1. The van der Waals surface area contributed by atoms with Crippen LogP contribution in [0.3, 0.4) is 0 Å². The van der Waals surface area contributed by atoms with E-state index in [0.29, 0.717) is 18.7 Å². The van der Waals surface area contributed by atoms with Crippen molar-refractivity contribution in [2.75, 3.05) is 18.1 Å². The van der Waals surface area contributed by atoms with Gasteiger partial charge in [-0.25, -0.2) is 8.42 Å². The van der Waals surface area contributed by atoms with Crippen molar-refractivity contribution in [1.82, 2.24) is 14.7 Å². The quantitative estimate of drug-likeness (QED) is 0.525. The normalized spacial score (nSPS) is 19.1. The summed E-state index contributed by atoms with van der Waals surface area (Å²) in [5, 5.41) is 15.2. The second-order valence-corrected chi connectivity index (χ2v) is 8.66. The summed E-state index contributed by atoms with van der Waals surface area (Å²) in [7, 11) is -3.10. The first-order valence-corrected chi connectivity index (χ1v) is 10.2. The molecule has 1 aliphatic rings. The van der Waals surface area contributed by atoms with Crippen molar-refractivity contribution in [2.45, 2.75) is 52.6 Å². The Hall–Kier alpha value is -1.97. The topological polar surface area (TPSA) is 115 Å². The molecule has 0 radical (unpaired) electrons. The summed E-state index contributed by atoms with van der Waals surface area (Å²) in [5.74, 6) is -0.172. The summed E-state index contributed by atoms with van der Waals surface area (Å²) in [4.78, 5) is 25.0. The Morgan fingerprint density at radius 3 is 2.60 bits per heavy atom. The standard InChI is InChI=1S/C15H24N4O5S/c1-4-5-7-17(13-6-8-25(23,24)10-13)14(20)9-18-12(3)15(19(21)22)11(2)16-18/h13H,4-10H2,1-3H3/t13-/m0/s1. The lowest BCUT2D eigenvalue weighted by Crippen LogP contribution is -2.43. The van der Waals surface area contributed by atoms with E-state index in [0.717, 1.165) is 12.8 Å². The SMILES string of the molecule is CCCCN(C(=O)Cn1nc(C)c([N+](=O)[O-])c1C)[C@H]1CCS(=O)(=O)C1. The molecule has 10 heteroatoms. The maximum Gasteiger partial charge on any atom is 0.312 e. The van der Waals surface area contributed by atoms with Crippen molar-refractivity contribution < 1.29 is 18.1 Å². The molecule has 9 nitrogen and oxygen atoms in total. The lowest BCUT2D eigenvalue weighted by atomic mass is 10.2. The molecule has 0 N–H and O–H groups in total. The first kappa shape index (κ1) is 19.4. The molecule has 2 heterocycles. The first-order valence-electron chi connectivity index (χ1n) is 8.34. The molecule has 140 valence electrons. The van der Waals surface area contributed by atoms with Gasteiger partial charge in [0.2, 0.25) is 5.91 Å². The molecule has 0 aliphatic carbocycles. The molecular weight excluding hydrogens is 348 g/mol. The molecule has 0 unspecified atom stereocenters. The zero-order valence-electron chi connectivity index (χ0n) is 14.8. The Kier molecular flexibility index (Phi) is 5.81. The van der Waals surface area contributed by atoms with Crippen molar-refractivity contribution in [3.05, 3.63) is 21.5 Å². The Morgan fingerprint density at radius 1 is 1.44 bits per heavy atom. The highest BCUT2D eigenvalue weighted by atomic mass is 32.2. The average Bonchev–Trinajstić information content (AvgIpc) is 2.99. The number of nitro groups is 1. The molecule has 1 aliphatic heterocycles. The Labute approximate surface area is 147 Å². The van der Waals surface area contributed by atoms with Crippen LogP contribution in [0, 0.1) is 24.0 Å². The Bertz CT molecular complexity index is 771. The molecule has 25 heavy (non-hydrogen) atoms. The summed E-state index contributed by atoms with van der Waals surface area (Å²) in [6.07, 6.45) is 2.10. The summed E-state index contributed by atoms with van der Waals surface area (Å²) < 4.78 is 24.8. The number of aryl methyl sites for hydroxylation is 1. The van der Waals surface area contributed by atoms with Crippen LogP contribution in [0.15, 0.2) is 0 Å². The second-order valence-electron chi connectivity index (χ2n) is 6.43. The van der Waals surface area contributed by atoms with Crippen molar-refractivity contribution in [3.8, 4) is 0 Å². The van der Waals surface area contributed by atoms with Gasteiger partial charge in [0, 0.05) is 12.6 Å². The minimum Gasteiger partial charge on any atom is -0.337 e. The fraction of sp³-hybridized carbons (Fsp3) is 0.733. The highest BCUT2D eigenvalue weighted by molar-refractivity contribution is 7.91. The highest BCUT2D eigenvalue weighted by Crippen LogP contribution is 2.23. The van der Waals surface area contributed by atoms with Gasteiger partial charge in [-0.1, -0.05) is 13.3 Å². The molecule has 0 saturated carbocycles. The molecular formula is C15H24N4O5S. The van der Waals surface area contributed by atoms with Crippen LogP contribution in [-0.4, -0.2) is 58.0 Å². The summed E-state index contributed by atoms with van der Waals surface area (Å²) >= 11 is 0. The van der Waals surface area contributed by atoms with Crippen LogP contribution >= 0.6 is 0 Å². The zero-order valence-corrected chi connectivity index (χ0v) is 15.6. The predicted molar refractivity (Wildman–Crippen MR) is 92.0 cm³/mol. The van der Waals surface area contributed by atoms with Crippen molar-refractivity contribution in [2.24, 2.45) is 0 Å². The van der Waals surface area contributed by atoms with E-state index in [4.69, 9.17) is 0 Å². The molecule has 2 rings (SSSR count). The smallest absolute Gasteiger partial charge is 0.312 e. The first-order chi connectivity index (χ1) is 11.7. The second kappa shape index (κ2) is 7.51. The van der Waals surface area contributed by atoms with Gasteiger partial charge < -0.3 is 4.90 Å². The van der Waals surface area contributed by atoms with Crippen LogP contribution in [0.1, 0.15) is 37.6 Å². The van der Waals surface area contributed by atoms with E-state index in [1.54, 1.807) is 11.8 Å². The van der Waals surface area contributed by atoms with E-state index in [1.165, 1.54) is 11.6 Å². The summed E-state index contributed by atoms with van der Waals surface area (Å²) in [6, 6.07) is -0.323. The maximum absolute atomic E-state index is 12.8. The van der Waals surface area contributed by atoms with Gasteiger partial charge in [0.05, 0.1) is 16.4 Å². The van der Waals surface area contributed by atoms with Crippen molar-refractivity contribution in [3.63, 3.8) is 0 Å². The van der Waals surface area contributed by atoms with Gasteiger partial charge in [0.1, 0.15) is 17.9 Å². The third kappa shape index (κ3) is 4.36. The van der Waals surface area contributed by atoms with Crippen LogP contribution in [0.2, 0.25) is 0 Å². The van der Waals surface area contributed by atoms with E-state index in [2.05, 4.69) is 5.10 Å². The third-order valence-electron chi connectivity index (χ3n) is 4.53. The molecule has 0 bridgehead atoms. The number of nitrogens with zero attached hydrogens (tertiary/aromatic N) is 4. The molecule has 1 aromatic rings. The molecule has 1 atom stereocenters. The Morgan fingerprint density at radius 2 is 2.12 bits per heavy atom. The molecule has 0 aromatic carbocycles. The van der Waals surface area contributed by atoms with Crippen molar-refractivity contribution >= 4 is 21.4 Å². The molecule has 1 aromatic heterocycles. The number of unbranched alkanes of at least 4 members (excludes halogenated alkanes) is 1. The fourth-order valence-electron chi connectivity index (χ4n) is 3.19. The number of carbonyl (C=O) groups is 1. The van der Waals surface area contributed by atoms with E-state index in [-0.39, 0.29) is 41.4 Å². The van der Waals surface area contributed by atoms with Crippen LogP contribution in [0.5, 0.6) is 0 Å². The lowest BCUT2D eigenvalue weighted by molar-refractivity contribution is -0.386. The number of aromatic nitrogens is 2. The van der Waals surface area contributed by atoms with Gasteiger partial charge in [-0.15, -0.1) is 0 Å². The van der Waals surface area contributed by atoms with Crippen LogP contribution in [0.25, 0.3) is 0 Å². The van der Waals surface area contributed by atoms with Crippen LogP contribution in [-0.2, 0) is 21.2 Å². The van der Waals surface area contributed by atoms with Gasteiger partial charge in [0.25, 0.3) is 0 Å². The molecule has 1 saturated heterocycles. The van der Waals surface area contributed by atoms with E-state index in [9.17, 15) is 23.3 Å². The largest absolute Gasteiger partial charge is 0.337 e. The fourth-order valence-corrected chi connectivity index (χ4v) is 4.92. The average molecular weight is 372 g/mol. The zero-order chi connectivity index (χ0) is 18.8. The predicted octanol–water partition coefficient (Wildman–Crippen LogP) is 1.22. The number of carbonyl (C=O) groups excluding carboxylic acids is 1. The summed E-state index contributed by atoms with van der Waals surface area (Å²) in [5.41, 5.74) is 0.500. The van der Waals surface area contributed by atoms with E-state index < -0.39 is 14.8 Å². The van der Waals surface area contributed by atoms with Crippen LogP contribution < -0.4 is 0 Å². The third-order valence-corrected chi connectivity index (χ3v) is 6.28. The lowest BCUT2D eigenvalue weighted by Gasteiger charge is -2.28. The number of amides is 1. The van der Waals surface area contributed by atoms with E-state index >= 15 is 0 Å². The highest BCUT2D eigenvalue weighted by Gasteiger charge is 2.35. The van der Waals surface area contributed by atoms with Gasteiger partial charge >= 0.3 is 5.69 Å². The number of hydrogen-bond donors (Lipinski definition) is 0. The van der Waals surface area contributed by atoms with E-state index in [1.807, 2.05) is 6.92 Å². The molecule has 0 spiro atoms. The van der Waals surface area contributed by atoms with Gasteiger partial charge in [-0.2, -0.15) is 5.10 Å². The minimum atomic E-state index is -3.10. The minimum absolute atomic E-state index is 0.0142. The molecule has 1 fully saturated rings. The molecule has 1 amide bonds. The Balaban J connectivity index is 2.20. The monoisotopic (exact) mass is 372 g/mol. The van der Waals surface area contributed by atoms with Gasteiger partial charge in [-0.3, -0.25) is 19.6 Å². The summed E-state index contributed by atoms with van der Waals surface area (Å²) in [6.45, 7) is 5.45. The van der Waals surface area contributed by atoms with Crippen molar-refractivity contribution in [1.29, 1.82) is 0 Å². The number of hydrogen-bond acceptors (Lipinski definition) is 6. The maximum atomic E-state index is 12.8. The number of rotatable bonds is 7.